The van der Waals surface area contributed by atoms with Crippen molar-refractivity contribution >= 4 is 27.3 Å². The van der Waals surface area contributed by atoms with E-state index in [1.54, 1.807) is 19.1 Å². The van der Waals surface area contributed by atoms with E-state index in [0.717, 1.165) is 25.0 Å². The number of nitrogens with one attached hydrogen (secondary N) is 1. The molecule has 5 nitrogen and oxygen atoms in total. The van der Waals surface area contributed by atoms with Crippen molar-refractivity contribution in [2.24, 2.45) is 11.8 Å². The normalized spacial score (nSPS) is 17.0. The lowest BCUT2D eigenvalue weighted by atomic mass is 9.89. The van der Waals surface area contributed by atoms with Gasteiger partial charge in [0.05, 0.1) is 38.9 Å². The molecule has 1 fully saturated rings. The minimum absolute atomic E-state index is 0.0969. The monoisotopic (exact) mass is 531 g/mol. The number of sulfone groups is 1. The van der Waals surface area contributed by atoms with Gasteiger partial charge in [0.25, 0.3) is 5.91 Å². The summed E-state index contributed by atoms with van der Waals surface area (Å²) in [4.78, 5) is 13.2. The maximum atomic E-state index is 13.3. The third-order valence-electron chi connectivity index (χ3n) is 6.27. The maximum Gasteiger partial charge on any atom is 0.417 e. The highest BCUT2D eigenvalue weighted by Crippen LogP contribution is 2.37. The van der Waals surface area contributed by atoms with Crippen LogP contribution >= 0.6 is 11.6 Å². The molecule has 2 aromatic carbocycles. The van der Waals surface area contributed by atoms with Crippen molar-refractivity contribution in [2.75, 3.05) is 5.75 Å². The number of alkyl halides is 3. The molecule has 1 amide bonds. The van der Waals surface area contributed by atoms with Crippen molar-refractivity contribution in [3.05, 3.63) is 64.2 Å². The SMILES string of the molecule is CC[C@H](O)C[C@H](C)C(NC(=O)c1cccc(C(F)(F)F)c1Cl)c1ccc(S(=O)(=O)CC2CC2)cc1. The van der Waals surface area contributed by atoms with Gasteiger partial charge in [0.2, 0.25) is 0 Å². The second kappa shape index (κ2) is 10.9. The third kappa shape index (κ3) is 6.98. The summed E-state index contributed by atoms with van der Waals surface area (Å²) in [7, 11) is -3.42. The number of halogens is 4. The largest absolute Gasteiger partial charge is 0.417 e. The van der Waals surface area contributed by atoms with E-state index in [1.165, 1.54) is 18.2 Å². The predicted molar refractivity (Wildman–Crippen MR) is 128 cm³/mol. The van der Waals surface area contributed by atoms with Gasteiger partial charge in [-0.15, -0.1) is 0 Å². The Balaban J connectivity index is 1.90. The van der Waals surface area contributed by atoms with E-state index in [0.29, 0.717) is 18.4 Å². The molecule has 2 aromatic rings. The van der Waals surface area contributed by atoms with Crippen LogP contribution in [0.25, 0.3) is 0 Å². The van der Waals surface area contributed by atoms with Gasteiger partial charge in [-0.1, -0.05) is 43.6 Å². The Hall–Kier alpha value is -2.10. The first-order valence-corrected chi connectivity index (χ1v) is 13.5. The quantitative estimate of drug-likeness (QED) is 0.405. The molecule has 192 valence electrons. The van der Waals surface area contributed by atoms with Crippen molar-refractivity contribution in [1.29, 1.82) is 0 Å². The summed E-state index contributed by atoms with van der Waals surface area (Å²) in [6, 6.07) is 8.57. The summed E-state index contributed by atoms with van der Waals surface area (Å²) < 4.78 is 64.9. The lowest BCUT2D eigenvalue weighted by Crippen LogP contribution is -2.34. The van der Waals surface area contributed by atoms with Crippen molar-refractivity contribution < 1.29 is 31.5 Å². The van der Waals surface area contributed by atoms with Gasteiger partial charge >= 0.3 is 6.18 Å². The van der Waals surface area contributed by atoms with Crippen LogP contribution in [0.15, 0.2) is 47.4 Å². The Kier molecular flexibility index (Phi) is 8.55. The van der Waals surface area contributed by atoms with Gasteiger partial charge in [-0.25, -0.2) is 8.42 Å². The molecule has 0 heterocycles. The number of carbonyl (C=O) groups excluding carboxylic acids is 1. The number of hydrogen-bond acceptors (Lipinski definition) is 4. The first-order chi connectivity index (χ1) is 16.3. The smallest absolute Gasteiger partial charge is 0.393 e. The molecule has 0 aromatic heterocycles. The molecule has 0 radical (unpaired) electrons. The van der Waals surface area contributed by atoms with Crippen LogP contribution in [-0.2, 0) is 16.0 Å². The van der Waals surface area contributed by atoms with E-state index < -0.39 is 44.7 Å². The fraction of sp³-hybridized carbons (Fsp3) is 0.480. The molecular formula is C25H29ClF3NO4S. The van der Waals surface area contributed by atoms with E-state index in [9.17, 15) is 31.5 Å². The van der Waals surface area contributed by atoms with Crippen molar-refractivity contribution in [3.63, 3.8) is 0 Å². The van der Waals surface area contributed by atoms with Crippen LogP contribution in [0, 0.1) is 11.8 Å². The third-order valence-corrected chi connectivity index (χ3v) is 8.58. The summed E-state index contributed by atoms with van der Waals surface area (Å²) in [5.41, 5.74) is -0.857. The lowest BCUT2D eigenvalue weighted by molar-refractivity contribution is -0.137. The molecular weight excluding hydrogens is 503 g/mol. The number of aliphatic hydroxyl groups is 1. The molecule has 0 spiro atoms. The Morgan fingerprint density at radius 3 is 2.34 bits per heavy atom. The number of carbonyl (C=O) groups is 1. The predicted octanol–water partition coefficient (Wildman–Crippen LogP) is 5.81. The number of aliphatic hydroxyl groups excluding tert-OH is 1. The number of benzene rings is 2. The average Bonchev–Trinajstić information content (AvgIpc) is 3.59. The second-order valence-corrected chi connectivity index (χ2v) is 11.6. The van der Waals surface area contributed by atoms with Crippen LogP contribution in [0.3, 0.4) is 0 Å². The first kappa shape index (κ1) is 27.5. The maximum absolute atomic E-state index is 13.3. The molecule has 0 aliphatic heterocycles. The van der Waals surface area contributed by atoms with Gasteiger partial charge in [-0.2, -0.15) is 13.2 Å². The zero-order chi connectivity index (χ0) is 26.0. The fourth-order valence-corrected chi connectivity index (χ4v) is 6.02. The molecule has 3 atom stereocenters. The summed E-state index contributed by atoms with van der Waals surface area (Å²) in [5, 5.41) is 12.2. The van der Waals surface area contributed by atoms with Gasteiger partial charge in [-0.3, -0.25) is 4.79 Å². The lowest BCUT2D eigenvalue weighted by Gasteiger charge is -2.28. The Bertz CT molecular complexity index is 1150. The Morgan fingerprint density at radius 1 is 1.17 bits per heavy atom. The minimum Gasteiger partial charge on any atom is -0.393 e. The zero-order valence-corrected chi connectivity index (χ0v) is 21.1. The topological polar surface area (TPSA) is 83.5 Å². The number of rotatable bonds is 10. The van der Waals surface area contributed by atoms with E-state index in [2.05, 4.69) is 5.32 Å². The fourth-order valence-electron chi connectivity index (χ4n) is 4.00. The molecule has 0 saturated heterocycles. The molecule has 1 unspecified atom stereocenters. The first-order valence-electron chi connectivity index (χ1n) is 11.5. The van der Waals surface area contributed by atoms with Gasteiger partial charge in [-0.05, 0) is 67.3 Å². The molecule has 1 saturated carbocycles. The molecule has 3 rings (SSSR count). The number of amides is 1. The molecule has 0 bridgehead atoms. The summed E-state index contributed by atoms with van der Waals surface area (Å²) in [6.45, 7) is 3.61. The van der Waals surface area contributed by atoms with Gasteiger partial charge in [0.1, 0.15) is 0 Å². The van der Waals surface area contributed by atoms with Crippen LogP contribution in [0.1, 0.15) is 67.1 Å². The summed E-state index contributed by atoms with van der Waals surface area (Å²) in [6.07, 6.45) is -2.74. The van der Waals surface area contributed by atoms with Gasteiger partial charge < -0.3 is 10.4 Å². The van der Waals surface area contributed by atoms with Crippen molar-refractivity contribution in [2.45, 2.75) is 62.7 Å². The minimum atomic E-state index is -4.72. The van der Waals surface area contributed by atoms with Crippen LogP contribution in [-0.4, -0.2) is 31.3 Å². The summed E-state index contributed by atoms with van der Waals surface area (Å²) in [5.74, 6) is -0.819. The highest BCUT2D eigenvalue weighted by Gasteiger charge is 2.35. The van der Waals surface area contributed by atoms with Crippen LogP contribution < -0.4 is 5.32 Å². The van der Waals surface area contributed by atoms with E-state index >= 15 is 0 Å². The molecule has 1 aliphatic rings. The van der Waals surface area contributed by atoms with Crippen molar-refractivity contribution in [1.82, 2.24) is 5.32 Å². The van der Waals surface area contributed by atoms with E-state index in [-0.39, 0.29) is 28.0 Å². The van der Waals surface area contributed by atoms with E-state index in [4.69, 9.17) is 11.6 Å². The van der Waals surface area contributed by atoms with Crippen LogP contribution in [0.4, 0.5) is 13.2 Å². The van der Waals surface area contributed by atoms with Crippen molar-refractivity contribution in [3.8, 4) is 0 Å². The Morgan fingerprint density at radius 2 is 1.80 bits per heavy atom. The van der Waals surface area contributed by atoms with Gasteiger partial charge in [0, 0.05) is 0 Å². The highest BCUT2D eigenvalue weighted by atomic mass is 35.5. The highest BCUT2D eigenvalue weighted by molar-refractivity contribution is 7.91. The summed E-state index contributed by atoms with van der Waals surface area (Å²) >= 11 is 5.93. The van der Waals surface area contributed by atoms with E-state index in [1.807, 2.05) is 6.92 Å². The second-order valence-electron chi connectivity index (χ2n) is 9.18. The molecule has 1 aliphatic carbocycles. The number of hydrogen-bond donors (Lipinski definition) is 2. The van der Waals surface area contributed by atoms with Crippen LogP contribution in [0.5, 0.6) is 0 Å². The molecule has 2 N–H and O–H groups in total. The molecule has 35 heavy (non-hydrogen) atoms. The molecule has 10 heteroatoms. The average molecular weight is 532 g/mol. The zero-order valence-electron chi connectivity index (χ0n) is 19.5. The van der Waals surface area contributed by atoms with Crippen LogP contribution in [0.2, 0.25) is 5.02 Å². The Labute approximate surface area is 208 Å². The van der Waals surface area contributed by atoms with Gasteiger partial charge in [0.15, 0.2) is 9.84 Å². The standard InChI is InChI=1S/C25H29ClF3NO4S/c1-3-18(31)13-15(2)23(17-9-11-19(12-10-17)35(33,34)14-16-7-8-16)30-24(32)20-5-4-6-21(22(20)26)25(27,28)29/h4-6,9-12,15-16,18,23,31H,3,7-8,13-14H2,1-2H3,(H,30,32)/t15-,18-,23?/m0/s1.